The van der Waals surface area contributed by atoms with E-state index in [1.807, 2.05) is 30.3 Å². The molecule has 0 heterocycles. The van der Waals surface area contributed by atoms with E-state index in [2.05, 4.69) is 25.7 Å². The van der Waals surface area contributed by atoms with E-state index in [0.29, 0.717) is 5.92 Å². The van der Waals surface area contributed by atoms with Gasteiger partial charge in [0.25, 0.3) is 0 Å². The van der Waals surface area contributed by atoms with E-state index in [-0.39, 0.29) is 0 Å². The Kier molecular flexibility index (Phi) is 4.22. The topological polar surface area (TPSA) is 20.2 Å². The van der Waals surface area contributed by atoms with Crippen LogP contribution in [0.5, 0.6) is 0 Å². The average Bonchev–Trinajstić information content (AvgIpc) is 2.26. The van der Waals surface area contributed by atoms with Gasteiger partial charge in [0.05, 0.1) is 0 Å². The first kappa shape index (κ1) is 10.8. The molecule has 2 unspecified atom stereocenters. The van der Waals surface area contributed by atoms with Crippen LogP contribution in [-0.2, 0) is 0 Å². The number of hydrogen-bond donors (Lipinski definition) is 1. The minimum Gasteiger partial charge on any atom is -0.376 e. The molecule has 0 aliphatic heterocycles. The maximum absolute atomic E-state index is 9.69. The van der Waals surface area contributed by atoms with E-state index in [1.54, 1.807) is 0 Å². The first-order valence-corrected chi connectivity index (χ1v) is 4.98. The maximum Gasteiger partial charge on any atom is 0.140 e. The lowest BCUT2D eigenvalue weighted by molar-refractivity contribution is 0.238. The van der Waals surface area contributed by atoms with Crippen molar-refractivity contribution in [1.82, 2.24) is 0 Å². The highest BCUT2D eigenvalue weighted by molar-refractivity contribution is 5.24. The Morgan fingerprint density at radius 1 is 1.21 bits per heavy atom. The zero-order chi connectivity index (χ0) is 10.4. The van der Waals surface area contributed by atoms with E-state index in [4.69, 9.17) is 0 Å². The van der Waals surface area contributed by atoms with Gasteiger partial charge in [-0.15, -0.1) is 0 Å². The Balaban J connectivity index is 2.66. The lowest BCUT2D eigenvalue weighted by atomic mass is 10.1. The summed E-state index contributed by atoms with van der Waals surface area (Å²) < 4.78 is 0. The van der Waals surface area contributed by atoms with Gasteiger partial charge in [-0.25, -0.2) is 0 Å². The predicted molar refractivity (Wildman–Crippen MR) is 58.6 cm³/mol. The van der Waals surface area contributed by atoms with Crippen LogP contribution < -0.4 is 0 Å². The standard InChI is InChI=1S/C13H16O/c1-3-11(2)9-10-13(14)12-7-5-4-6-8-12/h4-8,11,13-14H,3H2,1-2H3. The second-order valence-corrected chi connectivity index (χ2v) is 3.41. The second-order valence-electron chi connectivity index (χ2n) is 3.41. The van der Waals surface area contributed by atoms with Gasteiger partial charge in [-0.3, -0.25) is 0 Å². The van der Waals surface area contributed by atoms with Crippen molar-refractivity contribution in [3.05, 3.63) is 35.9 Å². The first-order valence-electron chi connectivity index (χ1n) is 4.98. The van der Waals surface area contributed by atoms with Crippen LogP contribution in [0, 0.1) is 17.8 Å². The lowest BCUT2D eigenvalue weighted by Crippen LogP contribution is -1.94. The van der Waals surface area contributed by atoms with E-state index < -0.39 is 6.10 Å². The third-order valence-electron chi connectivity index (χ3n) is 2.19. The van der Waals surface area contributed by atoms with Gasteiger partial charge in [-0.2, -0.15) is 0 Å². The van der Waals surface area contributed by atoms with Crippen LogP contribution in [-0.4, -0.2) is 5.11 Å². The molecule has 74 valence electrons. The van der Waals surface area contributed by atoms with Crippen LogP contribution in [0.4, 0.5) is 0 Å². The number of rotatable bonds is 2. The highest BCUT2D eigenvalue weighted by Gasteiger charge is 2.01. The fraction of sp³-hybridized carbons (Fsp3) is 0.385. The SMILES string of the molecule is CCC(C)C#CC(O)c1ccccc1. The summed E-state index contributed by atoms with van der Waals surface area (Å²) >= 11 is 0. The van der Waals surface area contributed by atoms with Crippen molar-refractivity contribution in [2.24, 2.45) is 5.92 Å². The summed E-state index contributed by atoms with van der Waals surface area (Å²) in [7, 11) is 0. The molecule has 0 saturated heterocycles. The number of aliphatic hydroxyl groups is 1. The predicted octanol–water partition coefficient (Wildman–Crippen LogP) is 2.77. The summed E-state index contributed by atoms with van der Waals surface area (Å²) in [5, 5.41) is 9.69. The first-order chi connectivity index (χ1) is 6.74. The summed E-state index contributed by atoms with van der Waals surface area (Å²) in [6.45, 7) is 4.15. The molecule has 1 rings (SSSR count). The Hall–Kier alpha value is -1.26. The molecule has 1 aromatic carbocycles. The summed E-state index contributed by atoms with van der Waals surface area (Å²) in [5.41, 5.74) is 0.864. The fourth-order valence-electron chi connectivity index (χ4n) is 1.04. The molecule has 1 N–H and O–H groups in total. The van der Waals surface area contributed by atoms with Crippen molar-refractivity contribution in [2.45, 2.75) is 26.4 Å². The molecule has 0 spiro atoms. The molecule has 0 fully saturated rings. The van der Waals surface area contributed by atoms with Crippen LogP contribution in [0.15, 0.2) is 30.3 Å². The Morgan fingerprint density at radius 2 is 1.86 bits per heavy atom. The van der Waals surface area contributed by atoms with Crippen molar-refractivity contribution in [3.63, 3.8) is 0 Å². The van der Waals surface area contributed by atoms with Crippen molar-refractivity contribution in [1.29, 1.82) is 0 Å². The normalized spacial score (nSPS) is 13.9. The monoisotopic (exact) mass is 188 g/mol. The molecule has 14 heavy (non-hydrogen) atoms. The fourth-order valence-corrected chi connectivity index (χ4v) is 1.04. The highest BCUT2D eigenvalue weighted by Crippen LogP contribution is 2.10. The van der Waals surface area contributed by atoms with Crippen LogP contribution in [0.3, 0.4) is 0 Å². The maximum atomic E-state index is 9.69. The van der Waals surface area contributed by atoms with Crippen molar-refractivity contribution >= 4 is 0 Å². The van der Waals surface area contributed by atoms with E-state index in [1.165, 1.54) is 0 Å². The summed E-state index contributed by atoms with van der Waals surface area (Å²) in [5.74, 6) is 6.24. The van der Waals surface area contributed by atoms with Gasteiger partial charge >= 0.3 is 0 Å². The largest absolute Gasteiger partial charge is 0.376 e. The van der Waals surface area contributed by atoms with Crippen molar-refractivity contribution in [3.8, 4) is 11.8 Å². The molecule has 0 saturated carbocycles. The quantitative estimate of drug-likeness (QED) is 0.707. The van der Waals surface area contributed by atoms with E-state index in [0.717, 1.165) is 12.0 Å². The molecule has 0 bridgehead atoms. The molecular weight excluding hydrogens is 172 g/mol. The zero-order valence-corrected chi connectivity index (χ0v) is 8.70. The van der Waals surface area contributed by atoms with Crippen LogP contribution >= 0.6 is 0 Å². The molecule has 0 radical (unpaired) electrons. The van der Waals surface area contributed by atoms with Crippen LogP contribution in [0.1, 0.15) is 31.9 Å². The Labute approximate surface area is 85.8 Å². The van der Waals surface area contributed by atoms with Crippen LogP contribution in [0.25, 0.3) is 0 Å². The van der Waals surface area contributed by atoms with Crippen LogP contribution in [0.2, 0.25) is 0 Å². The minimum absolute atomic E-state index is 0.355. The van der Waals surface area contributed by atoms with Gasteiger partial charge in [0, 0.05) is 5.92 Å². The van der Waals surface area contributed by atoms with Crippen molar-refractivity contribution in [2.75, 3.05) is 0 Å². The smallest absolute Gasteiger partial charge is 0.140 e. The van der Waals surface area contributed by atoms with Gasteiger partial charge in [-0.05, 0) is 12.0 Å². The van der Waals surface area contributed by atoms with Gasteiger partial charge in [0.15, 0.2) is 0 Å². The van der Waals surface area contributed by atoms with E-state index in [9.17, 15) is 5.11 Å². The molecule has 1 aromatic rings. The molecule has 0 aromatic heterocycles. The molecular formula is C13H16O. The zero-order valence-electron chi connectivity index (χ0n) is 8.70. The van der Waals surface area contributed by atoms with Gasteiger partial charge in [0.2, 0.25) is 0 Å². The van der Waals surface area contributed by atoms with Gasteiger partial charge in [-0.1, -0.05) is 56.0 Å². The van der Waals surface area contributed by atoms with Crippen molar-refractivity contribution < 1.29 is 5.11 Å². The third-order valence-corrected chi connectivity index (χ3v) is 2.19. The molecule has 0 aliphatic carbocycles. The number of aliphatic hydroxyl groups excluding tert-OH is 1. The molecule has 2 atom stereocenters. The molecule has 1 nitrogen and oxygen atoms in total. The Morgan fingerprint density at radius 3 is 2.43 bits per heavy atom. The third kappa shape index (κ3) is 3.24. The Bertz CT molecular complexity index is 318. The minimum atomic E-state index is -0.648. The summed E-state index contributed by atoms with van der Waals surface area (Å²) in [6, 6.07) is 9.51. The second kappa shape index (κ2) is 5.47. The number of benzene rings is 1. The highest BCUT2D eigenvalue weighted by atomic mass is 16.3. The number of hydrogen-bond acceptors (Lipinski definition) is 1. The van der Waals surface area contributed by atoms with Gasteiger partial charge in [0.1, 0.15) is 6.10 Å². The molecule has 1 heteroatoms. The summed E-state index contributed by atoms with van der Waals surface area (Å²) in [6.07, 6.45) is 0.374. The molecule has 0 amide bonds. The van der Waals surface area contributed by atoms with E-state index >= 15 is 0 Å². The van der Waals surface area contributed by atoms with Gasteiger partial charge < -0.3 is 5.11 Å². The molecule has 0 aliphatic rings. The lowest BCUT2D eigenvalue weighted by Gasteiger charge is -2.03. The summed E-state index contributed by atoms with van der Waals surface area (Å²) in [4.78, 5) is 0. The average molecular weight is 188 g/mol.